The smallest absolute Gasteiger partial charge is 0.201 e. The summed E-state index contributed by atoms with van der Waals surface area (Å²) in [6.45, 7) is 3.08. The summed E-state index contributed by atoms with van der Waals surface area (Å²) in [6, 6.07) is 6.32. The molecular weight excluding hydrogens is 262 g/mol. The molecule has 5 heteroatoms. The molecular formula is C13H17N3S2. The molecule has 3 nitrogen and oxygen atoms in total. The summed E-state index contributed by atoms with van der Waals surface area (Å²) in [5.41, 5.74) is 9.49. The fourth-order valence-corrected chi connectivity index (χ4v) is 4.94. The molecule has 2 heterocycles. The van der Waals surface area contributed by atoms with Crippen LogP contribution in [0.4, 0.5) is 5.95 Å². The van der Waals surface area contributed by atoms with E-state index < -0.39 is 0 Å². The summed E-state index contributed by atoms with van der Waals surface area (Å²) in [5.74, 6) is 4.39. The van der Waals surface area contributed by atoms with Crippen LogP contribution < -0.4 is 5.73 Å². The van der Waals surface area contributed by atoms with E-state index >= 15 is 0 Å². The molecule has 1 unspecified atom stereocenters. The summed E-state index contributed by atoms with van der Waals surface area (Å²) in [6.07, 6.45) is 0. The van der Waals surface area contributed by atoms with Gasteiger partial charge in [-0.3, -0.25) is 0 Å². The average Bonchev–Trinajstić information content (AvgIpc) is 2.67. The molecule has 0 aliphatic carbocycles. The van der Waals surface area contributed by atoms with E-state index in [4.69, 9.17) is 5.73 Å². The third-order valence-corrected chi connectivity index (χ3v) is 6.03. The number of imidazole rings is 1. The first kappa shape index (κ1) is 12.2. The summed E-state index contributed by atoms with van der Waals surface area (Å²) in [7, 11) is 0. The molecule has 1 fully saturated rings. The zero-order valence-electron chi connectivity index (χ0n) is 10.4. The Morgan fingerprint density at radius 2 is 2.33 bits per heavy atom. The van der Waals surface area contributed by atoms with Crippen molar-refractivity contribution in [3.8, 4) is 0 Å². The van der Waals surface area contributed by atoms with Gasteiger partial charge < -0.3 is 10.3 Å². The third-order valence-electron chi connectivity index (χ3n) is 3.20. The molecule has 96 valence electrons. The first-order chi connectivity index (χ1) is 8.74. The molecule has 3 rings (SSSR count). The van der Waals surface area contributed by atoms with Crippen LogP contribution >= 0.6 is 23.5 Å². The lowest BCUT2D eigenvalue weighted by molar-refractivity contribution is 0.724. The number of aryl methyl sites for hydroxylation is 1. The highest BCUT2D eigenvalue weighted by Crippen LogP contribution is 2.28. The van der Waals surface area contributed by atoms with Crippen LogP contribution in [0.1, 0.15) is 5.56 Å². The van der Waals surface area contributed by atoms with E-state index in [2.05, 4.69) is 46.4 Å². The normalized spacial score (nSPS) is 20.4. The monoisotopic (exact) mass is 279 g/mol. The SMILES string of the molecule is Cc1ccc2nc(N)n(CC3CSCCS3)c2c1. The highest BCUT2D eigenvalue weighted by Gasteiger charge is 2.17. The van der Waals surface area contributed by atoms with Crippen molar-refractivity contribution in [2.24, 2.45) is 0 Å². The number of aromatic nitrogens is 2. The van der Waals surface area contributed by atoms with Crippen molar-refractivity contribution in [2.75, 3.05) is 23.0 Å². The minimum atomic E-state index is 0.645. The Labute approximate surface area is 116 Å². The molecule has 0 saturated carbocycles. The van der Waals surface area contributed by atoms with Crippen LogP contribution in [0, 0.1) is 6.92 Å². The van der Waals surface area contributed by atoms with Gasteiger partial charge in [0.15, 0.2) is 0 Å². The molecule has 1 saturated heterocycles. The molecule has 1 aromatic heterocycles. The highest BCUT2D eigenvalue weighted by atomic mass is 32.2. The number of thioether (sulfide) groups is 2. The second-order valence-electron chi connectivity index (χ2n) is 4.64. The molecule has 2 N–H and O–H groups in total. The van der Waals surface area contributed by atoms with Crippen molar-refractivity contribution in [3.63, 3.8) is 0 Å². The molecule has 0 radical (unpaired) electrons. The summed E-state index contributed by atoms with van der Waals surface area (Å²) < 4.78 is 2.17. The van der Waals surface area contributed by atoms with E-state index in [-0.39, 0.29) is 0 Å². The molecule has 1 aliphatic rings. The maximum absolute atomic E-state index is 6.06. The first-order valence-corrected chi connectivity index (χ1v) is 8.36. The minimum absolute atomic E-state index is 0.645. The number of hydrogen-bond donors (Lipinski definition) is 1. The van der Waals surface area contributed by atoms with Crippen LogP contribution in [0.2, 0.25) is 0 Å². The molecule has 0 spiro atoms. The molecule has 1 aromatic carbocycles. The summed E-state index contributed by atoms with van der Waals surface area (Å²) >= 11 is 4.10. The van der Waals surface area contributed by atoms with E-state index in [1.54, 1.807) is 0 Å². The van der Waals surface area contributed by atoms with Crippen LogP contribution in [0.5, 0.6) is 0 Å². The van der Waals surface area contributed by atoms with Gasteiger partial charge in [-0.15, -0.1) is 0 Å². The number of benzene rings is 1. The van der Waals surface area contributed by atoms with Crippen LogP contribution in [0.3, 0.4) is 0 Å². The highest BCUT2D eigenvalue weighted by molar-refractivity contribution is 8.06. The van der Waals surface area contributed by atoms with Crippen molar-refractivity contribution < 1.29 is 0 Å². The molecule has 2 aromatic rings. The predicted molar refractivity (Wildman–Crippen MR) is 82.5 cm³/mol. The van der Waals surface area contributed by atoms with Gasteiger partial charge in [0, 0.05) is 29.1 Å². The average molecular weight is 279 g/mol. The van der Waals surface area contributed by atoms with Gasteiger partial charge in [-0.05, 0) is 24.6 Å². The van der Waals surface area contributed by atoms with Crippen molar-refractivity contribution in [1.29, 1.82) is 0 Å². The second kappa shape index (κ2) is 5.05. The number of hydrogen-bond acceptors (Lipinski definition) is 4. The van der Waals surface area contributed by atoms with E-state index in [9.17, 15) is 0 Å². The minimum Gasteiger partial charge on any atom is -0.369 e. The zero-order chi connectivity index (χ0) is 12.5. The van der Waals surface area contributed by atoms with Crippen LogP contribution in [-0.4, -0.2) is 32.1 Å². The van der Waals surface area contributed by atoms with Gasteiger partial charge in [0.25, 0.3) is 0 Å². The lowest BCUT2D eigenvalue weighted by Gasteiger charge is -2.22. The molecule has 1 aliphatic heterocycles. The van der Waals surface area contributed by atoms with Crippen LogP contribution in [0.25, 0.3) is 11.0 Å². The maximum Gasteiger partial charge on any atom is 0.201 e. The predicted octanol–water partition coefficient (Wildman–Crippen LogP) is 2.78. The van der Waals surface area contributed by atoms with Gasteiger partial charge >= 0.3 is 0 Å². The fraction of sp³-hybridized carbons (Fsp3) is 0.462. The Balaban J connectivity index is 1.94. The fourth-order valence-electron chi connectivity index (χ4n) is 2.29. The number of nitrogens with zero attached hydrogens (tertiary/aromatic N) is 2. The number of fused-ring (bicyclic) bond motifs is 1. The number of rotatable bonds is 2. The topological polar surface area (TPSA) is 43.8 Å². The van der Waals surface area contributed by atoms with Gasteiger partial charge in [0.2, 0.25) is 5.95 Å². The number of nitrogens with two attached hydrogens (primary N) is 1. The largest absolute Gasteiger partial charge is 0.369 e. The molecule has 0 amide bonds. The quantitative estimate of drug-likeness (QED) is 0.918. The lowest BCUT2D eigenvalue weighted by Crippen LogP contribution is -2.21. The zero-order valence-corrected chi connectivity index (χ0v) is 12.1. The van der Waals surface area contributed by atoms with E-state index in [1.807, 2.05) is 11.8 Å². The summed E-state index contributed by atoms with van der Waals surface area (Å²) in [5, 5.41) is 0.656. The van der Waals surface area contributed by atoms with E-state index in [0.29, 0.717) is 11.2 Å². The van der Waals surface area contributed by atoms with Crippen molar-refractivity contribution in [3.05, 3.63) is 23.8 Å². The summed E-state index contributed by atoms with van der Waals surface area (Å²) in [4.78, 5) is 4.44. The maximum atomic E-state index is 6.06. The van der Waals surface area contributed by atoms with Gasteiger partial charge in [-0.2, -0.15) is 23.5 Å². The Morgan fingerprint density at radius 3 is 3.11 bits per heavy atom. The molecule has 1 atom stereocenters. The number of nitrogen functional groups attached to an aromatic ring is 1. The third kappa shape index (κ3) is 2.34. The Bertz CT molecular complexity index is 559. The Kier molecular flexibility index (Phi) is 3.43. The van der Waals surface area contributed by atoms with Crippen molar-refractivity contribution >= 4 is 40.5 Å². The van der Waals surface area contributed by atoms with Crippen LogP contribution in [0.15, 0.2) is 18.2 Å². The first-order valence-electron chi connectivity index (χ1n) is 6.16. The molecule has 18 heavy (non-hydrogen) atoms. The Morgan fingerprint density at radius 1 is 1.44 bits per heavy atom. The molecule has 0 bridgehead atoms. The van der Waals surface area contributed by atoms with Crippen LogP contribution in [-0.2, 0) is 6.54 Å². The van der Waals surface area contributed by atoms with E-state index in [0.717, 1.165) is 12.1 Å². The Hall–Kier alpha value is -0.810. The van der Waals surface area contributed by atoms with E-state index in [1.165, 1.54) is 28.3 Å². The van der Waals surface area contributed by atoms with Crippen molar-refractivity contribution in [1.82, 2.24) is 9.55 Å². The van der Waals surface area contributed by atoms with Gasteiger partial charge in [-0.25, -0.2) is 4.98 Å². The number of anilines is 1. The van der Waals surface area contributed by atoms with Crippen molar-refractivity contribution in [2.45, 2.75) is 18.7 Å². The second-order valence-corrected chi connectivity index (χ2v) is 7.20. The lowest BCUT2D eigenvalue weighted by atomic mass is 10.2. The standard InChI is InChI=1S/C13H17N3S2/c1-9-2-3-11-12(6-9)16(13(14)15-11)7-10-8-17-4-5-18-10/h2-3,6,10H,4-5,7-8H2,1H3,(H2,14,15). The van der Waals surface area contributed by atoms with Gasteiger partial charge in [0.1, 0.15) is 0 Å². The van der Waals surface area contributed by atoms with Gasteiger partial charge in [0.05, 0.1) is 11.0 Å². The van der Waals surface area contributed by atoms with Gasteiger partial charge in [-0.1, -0.05) is 6.07 Å².